The number of alkyl halides is 3. The Morgan fingerprint density at radius 1 is 1.21 bits per heavy atom. The summed E-state index contributed by atoms with van der Waals surface area (Å²) < 4.78 is 68.1. The second-order valence-corrected chi connectivity index (χ2v) is 12.1. The number of carbonyl (C=O) groups excluding carboxylic acids is 2. The molecule has 0 spiro atoms. The van der Waals surface area contributed by atoms with Gasteiger partial charge in [0.2, 0.25) is 6.73 Å². The van der Waals surface area contributed by atoms with E-state index in [-0.39, 0.29) is 36.6 Å². The van der Waals surface area contributed by atoms with Gasteiger partial charge in [-0.1, -0.05) is 29.8 Å². The highest BCUT2D eigenvalue weighted by Crippen LogP contribution is 2.37. The number of aryl methyl sites for hydroxylation is 1. The highest BCUT2D eigenvalue weighted by molar-refractivity contribution is 7.46. The summed E-state index contributed by atoms with van der Waals surface area (Å²) in [6.07, 6.45) is -0.352. The lowest BCUT2D eigenvalue weighted by atomic mass is 9.97. The number of phosphoric acid groups is 1. The molecule has 0 saturated carbocycles. The standard InChI is InChI=1S/C27H29ClN3O8P.C2HF3O2/c1-17-12-29(15-30(17)16-38-40(33,34)35)22-9-4-19(10-25(22)36-3)11-26-27(32)31-23(18(2)39-26)13-37-14-24(31)20-5-7-21(28)8-6-20;3-2(4,5)1(6)7/h4-12,15,18,23-24H,13-14,16H2,1-3H3,(H-,33,34,35);(H,6,7)/b26-11-;/t18-,23+,24-;/m0./s1. The molecule has 3 atom stereocenters. The largest absolute Gasteiger partial charge is 0.542 e. The monoisotopic (exact) mass is 703 g/mol. The summed E-state index contributed by atoms with van der Waals surface area (Å²) in [5.74, 6) is -2.48. The molecule has 2 N–H and O–H groups in total. The molecule has 1 amide bonds. The number of methoxy groups -OCH3 is 1. The molecule has 0 bridgehead atoms. The lowest BCUT2D eigenvalue weighted by Gasteiger charge is -2.47. The van der Waals surface area contributed by atoms with Crippen molar-refractivity contribution in [2.75, 3.05) is 20.3 Å². The molecular formula is C29H30ClF3N3O10P. The van der Waals surface area contributed by atoms with Crippen LogP contribution in [-0.2, 0) is 34.9 Å². The minimum absolute atomic E-state index is 0.221. The molecule has 18 heteroatoms. The van der Waals surface area contributed by atoms with E-state index in [1.807, 2.05) is 36.1 Å². The SMILES string of the molecule is COc1cc(/C=C2\O[C@@H](C)[C@H]3COC[C@@H](c4ccc(Cl)cc4)N3C2=O)ccc1-[n+]1cc(C)n(COP(=O)(O)O)c1.O=C([O-])C(F)(F)F. The molecule has 0 radical (unpaired) electrons. The number of nitrogens with zero attached hydrogens (tertiary/aromatic N) is 3. The van der Waals surface area contributed by atoms with Crippen molar-refractivity contribution >= 4 is 37.4 Å². The fourth-order valence-electron chi connectivity index (χ4n) is 4.94. The summed E-state index contributed by atoms with van der Waals surface area (Å²) in [5.41, 5.74) is 3.04. The Morgan fingerprint density at radius 2 is 1.87 bits per heavy atom. The maximum atomic E-state index is 13.7. The number of hydrogen-bond donors (Lipinski definition) is 2. The number of morpholine rings is 2. The molecule has 2 aliphatic rings. The van der Waals surface area contributed by atoms with E-state index in [0.29, 0.717) is 40.9 Å². The average molecular weight is 704 g/mol. The maximum Gasteiger partial charge on any atom is 0.472 e. The third-order valence-corrected chi connectivity index (χ3v) is 7.93. The van der Waals surface area contributed by atoms with Gasteiger partial charge < -0.3 is 38.8 Å². The summed E-state index contributed by atoms with van der Waals surface area (Å²) in [4.78, 5) is 42.4. The van der Waals surface area contributed by atoms with Gasteiger partial charge in [0, 0.05) is 11.9 Å². The van der Waals surface area contributed by atoms with E-state index in [1.165, 1.54) is 7.11 Å². The number of carbonyl (C=O) groups is 2. The predicted molar refractivity (Wildman–Crippen MR) is 156 cm³/mol. The van der Waals surface area contributed by atoms with E-state index in [0.717, 1.165) is 5.56 Å². The lowest BCUT2D eigenvalue weighted by Crippen LogP contribution is -2.59. The van der Waals surface area contributed by atoms with Gasteiger partial charge in [-0.25, -0.2) is 13.7 Å². The van der Waals surface area contributed by atoms with Gasteiger partial charge in [0.1, 0.15) is 24.0 Å². The van der Waals surface area contributed by atoms with Crippen LogP contribution in [0.2, 0.25) is 5.02 Å². The number of rotatable bonds is 7. The van der Waals surface area contributed by atoms with Crippen LogP contribution in [0, 0.1) is 6.92 Å². The molecule has 0 unspecified atom stereocenters. The highest BCUT2D eigenvalue weighted by Gasteiger charge is 2.45. The zero-order valence-corrected chi connectivity index (χ0v) is 26.7. The van der Waals surface area contributed by atoms with Gasteiger partial charge >= 0.3 is 14.0 Å². The van der Waals surface area contributed by atoms with E-state index in [1.54, 1.807) is 52.9 Å². The first-order valence-corrected chi connectivity index (χ1v) is 15.7. The first-order valence-electron chi connectivity index (χ1n) is 13.8. The number of amides is 1. The number of carboxylic acids is 1. The van der Waals surface area contributed by atoms with Crippen LogP contribution in [0.3, 0.4) is 0 Å². The molecule has 47 heavy (non-hydrogen) atoms. The molecular weight excluding hydrogens is 674 g/mol. The molecule has 2 fully saturated rings. The number of benzene rings is 2. The first-order chi connectivity index (χ1) is 22.0. The number of carboxylic acid groups (broad SMARTS) is 1. The van der Waals surface area contributed by atoms with E-state index < -0.39 is 20.0 Å². The van der Waals surface area contributed by atoms with Crippen molar-refractivity contribution in [3.63, 3.8) is 0 Å². The highest BCUT2D eigenvalue weighted by atomic mass is 35.5. The van der Waals surface area contributed by atoms with Gasteiger partial charge in [0.05, 0.1) is 32.4 Å². The molecule has 3 heterocycles. The van der Waals surface area contributed by atoms with Crippen LogP contribution in [0.4, 0.5) is 13.2 Å². The Balaban J connectivity index is 0.000000644. The molecule has 1 aromatic heterocycles. The van der Waals surface area contributed by atoms with E-state index in [2.05, 4.69) is 4.52 Å². The molecule has 3 aromatic rings. The molecule has 0 aliphatic carbocycles. The van der Waals surface area contributed by atoms with Gasteiger partial charge in [-0.05, 0) is 48.4 Å². The third-order valence-electron chi connectivity index (χ3n) is 7.23. The second-order valence-electron chi connectivity index (χ2n) is 10.4. The second kappa shape index (κ2) is 14.5. The molecule has 2 aliphatic heterocycles. The molecule has 254 valence electrons. The predicted octanol–water partition coefficient (Wildman–Crippen LogP) is 2.83. The van der Waals surface area contributed by atoms with Gasteiger partial charge in [-0.15, -0.1) is 0 Å². The van der Waals surface area contributed by atoms with Crippen molar-refractivity contribution in [3.05, 3.63) is 82.6 Å². The number of fused-ring (bicyclic) bond motifs is 1. The van der Waals surface area contributed by atoms with Crippen LogP contribution >= 0.6 is 19.4 Å². The fraction of sp³-hybridized carbons (Fsp3) is 0.345. The number of halogens is 4. The third kappa shape index (κ3) is 8.91. The minimum Gasteiger partial charge on any atom is -0.542 e. The van der Waals surface area contributed by atoms with Crippen molar-refractivity contribution in [2.24, 2.45) is 0 Å². The number of phosphoric ester groups is 1. The number of aromatic nitrogens is 2. The van der Waals surface area contributed by atoms with Gasteiger partial charge in [-0.3, -0.25) is 4.79 Å². The summed E-state index contributed by atoms with van der Waals surface area (Å²) >= 11 is 6.08. The quantitative estimate of drug-likeness (QED) is 0.213. The zero-order chi connectivity index (χ0) is 34.7. The molecule has 2 saturated heterocycles. The zero-order valence-electron chi connectivity index (χ0n) is 25.1. The Bertz CT molecular complexity index is 1690. The molecule has 5 rings (SSSR count). The number of imidazole rings is 1. The summed E-state index contributed by atoms with van der Waals surface area (Å²) in [6.45, 7) is 4.17. The molecule has 13 nitrogen and oxygen atoms in total. The minimum atomic E-state index is -5.19. The van der Waals surface area contributed by atoms with Crippen molar-refractivity contribution in [1.82, 2.24) is 9.47 Å². The van der Waals surface area contributed by atoms with Crippen LogP contribution in [-0.4, -0.2) is 69.8 Å². The fourth-order valence-corrected chi connectivity index (χ4v) is 5.34. The van der Waals surface area contributed by atoms with Gasteiger partial charge in [0.25, 0.3) is 12.2 Å². The van der Waals surface area contributed by atoms with Crippen LogP contribution in [0.5, 0.6) is 5.75 Å². The van der Waals surface area contributed by atoms with Gasteiger partial charge in [0.15, 0.2) is 17.2 Å². The Hall–Kier alpha value is -3.92. The number of hydrogen-bond acceptors (Lipinski definition) is 8. The summed E-state index contributed by atoms with van der Waals surface area (Å²) in [7, 11) is -3.07. The summed E-state index contributed by atoms with van der Waals surface area (Å²) in [6, 6.07) is 12.4. The molecule has 2 aromatic carbocycles. The van der Waals surface area contributed by atoms with Crippen LogP contribution in [0.15, 0.2) is 60.7 Å². The van der Waals surface area contributed by atoms with Crippen LogP contribution in [0.1, 0.15) is 29.8 Å². The number of ether oxygens (including phenoxy) is 3. The van der Waals surface area contributed by atoms with Crippen molar-refractivity contribution in [2.45, 2.75) is 44.9 Å². The van der Waals surface area contributed by atoms with Gasteiger partial charge in [-0.2, -0.15) is 17.7 Å². The smallest absolute Gasteiger partial charge is 0.472 e. The normalized spacial score (nSPS) is 20.6. The van der Waals surface area contributed by atoms with Crippen molar-refractivity contribution in [3.8, 4) is 11.4 Å². The average Bonchev–Trinajstić information content (AvgIpc) is 3.38. The summed E-state index contributed by atoms with van der Waals surface area (Å²) in [5, 5.41) is 9.41. The topological polar surface area (TPSA) is 164 Å². The Labute approximate surface area is 271 Å². The van der Waals surface area contributed by atoms with Crippen molar-refractivity contribution in [1.29, 1.82) is 0 Å². The van der Waals surface area contributed by atoms with E-state index >= 15 is 0 Å². The maximum absolute atomic E-state index is 13.7. The van der Waals surface area contributed by atoms with Crippen molar-refractivity contribution < 1.29 is 65.5 Å². The first kappa shape index (κ1) is 35.9. The van der Waals surface area contributed by atoms with E-state index in [4.69, 9.17) is 45.5 Å². The Morgan fingerprint density at radius 3 is 2.47 bits per heavy atom. The Kier molecular flexibility index (Phi) is 11.1. The van der Waals surface area contributed by atoms with Crippen LogP contribution in [0.25, 0.3) is 11.8 Å². The lowest BCUT2D eigenvalue weighted by molar-refractivity contribution is -0.596. The number of aliphatic carboxylic acids is 1. The van der Waals surface area contributed by atoms with E-state index in [9.17, 15) is 22.5 Å². The van der Waals surface area contributed by atoms with Crippen LogP contribution < -0.4 is 14.4 Å².